The maximum Gasteiger partial charge on any atom is 0.271 e. The van der Waals surface area contributed by atoms with E-state index in [1.807, 2.05) is 74.5 Å². The van der Waals surface area contributed by atoms with Crippen molar-refractivity contribution in [3.05, 3.63) is 89.2 Å². The van der Waals surface area contributed by atoms with Crippen molar-refractivity contribution in [1.29, 1.82) is 0 Å². The topological polar surface area (TPSA) is 124 Å². The number of hydrogen-bond donors (Lipinski definition) is 3. The highest BCUT2D eigenvalue weighted by Crippen LogP contribution is 2.24. The molecule has 2 saturated carbocycles. The monoisotopic (exact) mass is 643 g/mol. The number of carbonyl (C=O) groups is 3. The first-order valence-electron chi connectivity index (χ1n) is 17.1. The van der Waals surface area contributed by atoms with Crippen LogP contribution in [0.3, 0.4) is 0 Å². The molecule has 47 heavy (non-hydrogen) atoms. The maximum atomic E-state index is 13.8. The van der Waals surface area contributed by atoms with Gasteiger partial charge in [0.05, 0.1) is 37.5 Å². The van der Waals surface area contributed by atoms with E-state index in [1.54, 1.807) is 0 Å². The predicted molar refractivity (Wildman–Crippen MR) is 180 cm³/mol. The Labute approximate surface area is 278 Å². The van der Waals surface area contributed by atoms with E-state index in [9.17, 15) is 14.4 Å². The van der Waals surface area contributed by atoms with Crippen LogP contribution in [0.4, 0.5) is 0 Å². The Bertz CT molecular complexity index is 1440. The highest BCUT2D eigenvalue weighted by Gasteiger charge is 2.31. The van der Waals surface area contributed by atoms with Crippen LogP contribution in [0.5, 0.6) is 0 Å². The van der Waals surface area contributed by atoms with E-state index in [-0.39, 0.29) is 65.9 Å². The van der Waals surface area contributed by atoms with Crippen molar-refractivity contribution in [1.82, 2.24) is 25.7 Å². The third-order valence-corrected chi connectivity index (χ3v) is 8.89. The van der Waals surface area contributed by atoms with Gasteiger partial charge >= 0.3 is 0 Å². The number of hydrogen-bond acceptors (Lipinski definition) is 6. The molecule has 4 atom stereocenters. The number of aromatic nitrogens is 2. The van der Waals surface area contributed by atoms with Gasteiger partial charge in [-0.15, -0.1) is 0 Å². The molecule has 3 amide bonds. The largest absolute Gasteiger partial charge is 0.371 e. The van der Waals surface area contributed by atoms with Crippen LogP contribution in [0, 0.1) is 5.92 Å². The highest BCUT2D eigenvalue weighted by atomic mass is 16.5. The summed E-state index contributed by atoms with van der Waals surface area (Å²) in [5.41, 5.74) is 2.44. The molecule has 2 aliphatic rings. The molecule has 10 heteroatoms. The molecule has 1 heterocycles. The molecule has 5 rings (SSSR count). The molecule has 0 radical (unpaired) electrons. The lowest BCUT2D eigenvalue weighted by Crippen LogP contribution is -2.48. The molecule has 3 N–H and O–H groups in total. The summed E-state index contributed by atoms with van der Waals surface area (Å²) < 4.78 is 13.9. The zero-order valence-electron chi connectivity index (χ0n) is 27.7. The van der Waals surface area contributed by atoms with Crippen LogP contribution in [0.15, 0.2) is 66.7 Å². The normalized spacial score (nSPS) is 21.3. The summed E-state index contributed by atoms with van der Waals surface area (Å²) in [5, 5.41) is 13.6. The zero-order valence-corrected chi connectivity index (χ0v) is 27.7. The SMILES string of the molecule is CC(C)CNC(=O)c1cc(C(=O)N[C@H]2CCCC[C@@H]2OCc2ccccc2)n(CC(=O)N[C@H]2CCCC[C@@H]2OCc2ccccc2)n1. The van der Waals surface area contributed by atoms with Gasteiger partial charge in [0.2, 0.25) is 5.91 Å². The molecular formula is C37H49N5O5. The molecule has 0 aliphatic heterocycles. The van der Waals surface area contributed by atoms with Crippen molar-refractivity contribution in [2.75, 3.05) is 6.54 Å². The van der Waals surface area contributed by atoms with Gasteiger partial charge in [0, 0.05) is 12.6 Å². The van der Waals surface area contributed by atoms with E-state index >= 15 is 0 Å². The second kappa shape index (κ2) is 17.2. The summed E-state index contributed by atoms with van der Waals surface area (Å²) in [6, 6.07) is 21.1. The maximum absolute atomic E-state index is 13.8. The van der Waals surface area contributed by atoms with Crippen LogP contribution in [0.2, 0.25) is 0 Å². The molecular weight excluding hydrogens is 594 g/mol. The number of nitrogens with zero attached hydrogens (tertiary/aromatic N) is 2. The van der Waals surface area contributed by atoms with Crippen molar-refractivity contribution in [2.24, 2.45) is 5.92 Å². The molecule has 0 saturated heterocycles. The average Bonchev–Trinajstić information content (AvgIpc) is 3.51. The van der Waals surface area contributed by atoms with Gasteiger partial charge < -0.3 is 25.4 Å². The van der Waals surface area contributed by atoms with Crippen LogP contribution in [-0.2, 0) is 34.0 Å². The second-order valence-corrected chi connectivity index (χ2v) is 13.2. The van der Waals surface area contributed by atoms with Gasteiger partial charge in [-0.05, 0) is 42.7 Å². The first-order valence-corrected chi connectivity index (χ1v) is 17.1. The van der Waals surface area contributed by atoms with Crippen LogP contribution < -0.4 is 16.0 Å². The van der Waals surface area contributed by atoms with Crippen molar-refractivity contribution in [3.8, 4) is 0 Å². The van der Waals surface area contributed by atoms with Crippen LogP contribution >= 0.6 is 0 Å². The first kappa shape index (κ1) is 34.3. The molecule has 10 nitrogen and oxygen atoms in total. The van der Waals surface area contributed by atoms with Crippen molar-refractivity contribution in [2.45, 2.75) is 109 Å². The van der Waals surface area contributed by atoms with Crippen LogP contribution in [-0.4, -0.2) is 58.3 Å². The lowest BCUT2D eigenvalue weighted by atomic mass is 9.92. The van der Waals surface area contributed by atoms with E-state index in [1.165, 1.54) is 10.7 Å². The molecule has 252 valence electrons. The molecule has 2 aliphatic carbocycles. The van der Waals surface area contributed by atoms with Crippen LogP contribution in [0.25, 0.3) is 0 Å². The minimum atomic E-state index is -0.379. The molecule has 2 aromatic carbocycles. The third-order valence-electron chi connectivity index (χ3n) is 8.89. The lowest BCUT2D eigenvalue weighted by molar-refractivity contribution is -0.124. The summed E-state index contributed by atoms with van der Waals surface area (Å²) >= 11 is 0. The summed E-state index contributed by atoms with van der Waals surface area (Å²) in [7, 11) is 0. The Morgan fingerprint density at radius 3 is 1.85 bits per heavy atom. The quantitative estimate of drug-likeness (QED) is 0.223. The summed E-state index contributed by atoms with van der Waals surface area (Å²) in [6.07, 6.45) is 7.11. The molecule has 0 unspecified atom stereocenters. The minimum Gasteiger partial charge on any atom is -0.371 e. The Kier molecular flexibility index (Phi) is 12.6. The van der Waals surface area contributed by atoms with Crippen molar-refractivity contribution >= 4 is 17.7 Å². The van der Waals surface area contributed by atoms with Crippen molar-refractivity contribution in [3.63, 3.8) is 0 Å². The highest BCUT2D eigenvalue weighted by molar-refractivity contribution is 5.98. The number of carbonyl (C=O) groups excluding carboxylic acids is 3. The first-order chi connectivity index (χ1) is 22.9. The lowest BCUT2D eigenvalue weighted by Gasteiger charge is -2.32. The van der Waals surface area contributed by atoms with Gasteiger partial charge in [0.25, 0.3) is 11.8 Å². The zero-order chi connectivity index (χ0) is 33.0. The van der Waals surface area contributed by atoms with Gasteiger partial charge in [0.15, 0.2) is 5.69 Å². The van der Waals surface area contributed by atoms with Gasteiger partial charge in [-0.2, -0.15) is 5.10 Å². The van der Waals surface area contributed by atoms with E-state index < -0.39 is 0 Å². The fourth-order valence-corrected chi connectivity index (χ4v) is 6.33. The fourth-order valence-electron chi connectivity index (χ4n) is 6.33. The minimum absolute atomic E-state index is 0.103. The molecule has 2 fully saturated rings. The van der Waals surface area contributed by atoms with E-state index in [0.29, 0.717) is 19.8 Å². The van der Waals surface area contributed by atoms with Gasteiger partial charge in [-0.25, -0.2) is 4.68 Å². The van der Waals surface area contributed by atoms with Crippen molar-refractivity contribution < 1.29 is 23.9 Å². The average molecular weight is 644 g/mol. The molecule has 0 spiro atoms. The number of amides is 3. The smallest absolute Gasteiger partial charge is 0.271 e. The van der Waals surface area contributed by atoms with Gasteiger partial charge in [-0.3, -0.25) is 14.4 Å². The Hall–Kier alpha value is -4.02. The molecule has 0 bridgehead atoms. The summed E-state index contributed by atoms with van der Waals surface area (Å²) in [4.78, 5) is 40.2. The van der Waals surface area contributed by atoms with Gasteiger partial charge in [-0.1, -0.05) is 100 Å². The Morgan fingerprint density at radius 1 is 0.766 bits per heavy atom. The summed E-state index contributed by atoms with van der Waals surface area (Å²) in [6.45, 7) is 5.24. The summed E-state index contributed by atoms with van der Waals surface area (Å²) in [5.74, 6) is -0.787. The molecule has 1 aromatic heterocycles. The molecule has 3 aromatic rings. The Morgan fingerprint density at radius 2 is 1.30 bits per heavy atom. The van der Waals surface area contributed by atoms with E-state index in [0.717, 1.165) is 62.5 Å². The second-order valence-electron chi connectivity index (χ2n) is 13.2. The standard InChI is InChI=1S/C37H49N5O5/c1-26(2)22-38-36(44)31-21-32(37(45)40-30-18-10-12-20-34(30)47-25-28-15-7-4-8-16-28)42(41-31)23-35(43)39-29-17-9-11-19-33(29)46-24-27-13-5-3-6-14-27/h3-8,13-16,21,26,29-30,33-34H,9-12,17-20,22-25H2,1-2H3,(H,38,44)(H,39,43)(H,40,45)/t29-,30-,33-,34-/m0/s1. The van der Waals surface area contributed by atoms with E-state index in [4.69, 9.17) is 9.47 Å². The number of benzene rings is 2. The van der Waals surface area contributed by atoms with Crippen LogP contribution in [0.1, 0.15) is 97.3 Å². The Balaban J connectivity index is 1.26. The number of rotatable bonds is 14. The number of nitrogens with one attached hydrogen (secondary N) is 3. The number of ether oxygens (including phenoxy) is 2. The fraction of sp³-hybridized carbons (Fsp3) is 0.514. The third kappa shape index (κ3) is 10.2. The van der Waals surface area contributed by atoms with Gasteiger partial charge in [0.1, 0.15) is 12.2 Å². The predicted octanol–water partition coefficient (Wildman–Crippen LogP) is 5.17. The van der Waals surface area contributed by atoms with E-state index in [2.05, 4.69) is 21.0 Å².